The summed E-state index contributed by atoms with van der Waals surface area (Å²) in [6.07, 6.45) is 0.211. The van der Waals surface area contributed by atoms with Gasteiger partial charge in [-0.15, -0.1) is 11.3 Å². The van der Waals surface area contributed by atoms with Gasteiger partial charge in [0.1, 0.15) is 4.70 Å². The number of rotatable bonds is 7. The molecular formula is C30H27N3O3S. The van der Waals surface area contributed by atoms with Crippen LogP contribution in [0.5, 0.6) is 0 Å². The number of amides is 1. The second-order valence-corrected chi connectivity index (χ2v) is 10.1. The van der Waals surface area contributed by atoms with E-state index in [4.69, 9.17) is 0 Å². The number of benzene rings is 3. The SMILES string of the molecule is Cc1ccc(CNC(=O)Cc2ccc(-n3c(=O)c4sccc4n(Cc4ccccc4C)c3=O)cc2)cc1. The lowest BCUT2D eigenvalue weighted by Crippen LogP contribution is -2.38. The number of hydrogen-bond donors (Lipinski definition) is 1. The summed E-state index contributed by atoms with van der Waals surface area (Å²) in [5, 5.41) is 4.77. The van der Waals surface area contributed by atoms with Crippen molar-refractivity contribution in [2.75, 3.05) is 0 Å². The molecule has 0 aliphatic rings. The van der Waals surface area contributed by atoms with Gasteiger partial charge in [-0.25, -0.2) is 9.36 Å². The summed E-state index contributed by atoms with van der Waals surface area (Å²) in [5.41, 5.74) is 5.52. The summed E-state index contributed by atoms with van der Waals surface area (Å²) >= 11 is 1.33. The molecule has 0 unspecified atom stereocenters. The number of nitrogens with zero attached hydrogens (tertiary/aromatic N) is 2. The fourth-order valence-corrected chi connectivity index (χ4v) is 5.17. The van der Waals surface area contributed by atoms with Crippen molar-refractivity contribution in [2.45, 2.75) is 33.4 Å². The lowest BCUT2D eigenvalue weighted by Gasteiger charge is -2.14. The summed E-state index contributed by atoms with van der Waals surface area (Å²) in [6, 6.07) is 24.8. The molecule has 0 aliphatic carbocycles. The van der Waals surface area contributed by atoms with Crippen LogP contribution in [0, 0.1) is 13.8 Å². The van der Waals surface area contributed by atoms with E-state index in [0.29, 0.717) is 29.0 Å². The third-order valence-electron chi connectivity index (χ3n) is 6.51. The van der Waals surface area contributed by atoms with Gasteiger partial charge in [-0.05, 0) is 59.7 Å². The molecule has 5 aromatic rings. The summed E-state index contributed by atoms with van der Waals surface area (Å²) in [5.74, 6) is -0.0916. The Morgan fingerprint density at radius 2 is 1.57 bits per heavy atom. The topological polar surface area (TPSA) is 73.1 Å². The van der Waals surface area contributed by atoms with Crippen LogP contribution in [0.4, 0.5) is 0 Å². The van der Waals surface area contributed by atoms with E-state index in [2.05, 4.69) is 5.32 Å². The second-order valence-electron chi connectivity index (χ2n) is 9.18. The molecule has 1 N–H and O–H groups in total. The van der Waals surface area contributed by atoms with Crippen LogP contribution in [-0.4, -0.2) is 15.0 Å². The van der Waals surface area contributed by atoms with Crippen molar-refractivity contribution in [3.63, 3.8) is 0 Å². The van der Waals surface area contributed by atoms with E-state index in [1.807, 2.05) is 73.8 Å². The average molecular weight is 510 g/mol. The number of aromatic nitrogens is 2. The van der Waals surface area contributed by atoms with Crippen molar-refractivity contribution in [3.05, 3.63) is 133 Å². The number of nitrogens with one attached hydrogen (secondary N) is 1. The van der Waals surface area contributed by atoms with Gasteiger partial charge in [-0.2, -0.15) is 0 Å². The Morgan fingerprint density at radius 1 is 0.865 bits per heavy atom. The molecule has 0 bridgehead atoms. The second kappa shape index (κ2) is 10.4. The monoisotopic (exact) mass is 509 g/mol. The number of carbonyl (C=O) groups is 1. The van der Waals surface area contributed by atoms with E-state index in [9.17, 15) is 14.4 Å². The van der Waals surface area contributed by atoms with Gasteiger partial charge in [0, 0.05) is 6.54 Å². The molecule has 2 aromatic heterocycles. The van der Waals surface area contributed by atoms with Gasteiger partial charge >= 0.3 is 5.69 Å². The fourth-order valence-electron chi connectivity index (χ4n) is 4.34. The zero-order chi connectivity index (χ0) is 25.9. The fraction of sp³-hybridized carbons (Fsp3) is 0.167. The highest BCUT2D eigenvalue weighted by molar-refractivity contribution is 7.17. The van der Waals surface area contributed by atoms with Crippen LogP contribution < -0.4 is 16.6 Å². The third-order valence-corrected chi connectivity index (χ3v) is 7.41. The van der Waals surface area contributed by atoms with Crippen LogP contribution in [0.2, 0.25) is 0 Å². The molecule has 7 heteroatoms. The molecule has 2 heterocycles. The van der Waals surface area contributed by atoms with Gasteiger partial charge in [-0.3, -0.25) is 14.2 Å². The number of hydrogen-bond acceptors (Lipinski definition) is 4. The molecule has 0 radical (unpaired) electrons. The highest BCUT2D eigenvalue weighted by atomic mass is 32.1. The molecule has 0 fully saturated rings. The molecule has 0 atom stereocenters. The number of fused-ring (bicyclic) bond motifs is 1. The van der Waals surface area contributed by atoms with E-state index in [1.54, 1.807) is 28.8 Å². The van der Waals surface area contributed by atoms with E-state index in [1.165, 1.54) is 21.5 Å². The van der Waals surface area contributed by atoms with Gasteiger partial charge in [0.05, 0.1) is 24.2 Å². The summed E-state index contributed by atoms with van der Waals surface area (Å²) in [7, 11) is 0. The minimum absolute atomic E-state index is 0.0916. The Balaban J connectivity index is 1.40. The normalized spacial score (nSPS) is 11.1. The Kier molecular flexibility index (Phi) is 6.88. The van der Waals surface area contributed by atoms with Gasteiger partial charge in [0.15, 0.2) is 0 Å². The lowest BCUT2D eigenvalue weighted by molar-refractivity contribution is -0.120. The van der Waals surface area contributed by atoms with Crippen LogP contribution in [-0.2, 0) is 24.3 Å². The quantitative estimate of drug-likeness (QED) is 0.345. The van der Waals surface area contributed by atoms with Crippen molar-refractivity contribution in [1.29, 1.82) is 0 Å². The number of carbonyl (C=O) groups excluding carboxylic acids is 1. The van der Waals surface area contributed by atoms with Crippen molar-refractivity contribution in [1.82, 2.24) is 14.5 Å². The van der Waals surface area contributed by atoms with E-state index < -0.39 is 0 Å². The largest absolute Gasteiger partial charge is 0.352 e. The summed E-state index contributed by atoms with van der Waals surface area (Å²) < 4.78 is 3.41. The molecule has 186 valence electrons. The predicted octanol–water partition coefficient (Wildman–Crippen LogP) is 4.74. The van der Waals surface area contributed by atoms with Crippen LogP contribution in [0.3, 0.4) is 0 Å². The van der Waals surface area contributed by atoms with Crippen molar-refractivity contribution in [2.24, 2.45) is 0 Å². The first-order valence-electron chi connectivity index (χ1n) is 12.1. The molecular weight excluding hydrogens is 482 g/mol. The number of thiophene rings is 1. The maximum atomic E-state index is 13.6. The van der Waals surface area contributed by atoms with Crippen molar-refractivity contribution < 1.29 is 4.79 Å². The maximum Gasteiger partial charge on any atom is 0.336 e. The first kappa shape index (κ1) is 24.5. The van der Waals surface area contributed by atoms with Gasteiger partial charge in [0.25, 0.3) is 5.56 Å². The smallest absolute Gasteiger partial charge is 0.336 e. The molecule has 37 heavy (non-hydrogen) atoms. The van der Waals surface area contributed by atoms with Crippen molar-refractivity contribution in [3.8, 4) is 5.69 Å². The molecule has 0 saturated carbocycles. The molecule has 0 aliphatic heterocycles. The van der Waals surface area contributed by atoms with E-state index in [0.717, 1.165) is 22.3 Å². The third kappa shape index (κ3) is 5.17. The first-order chi connectivity index (χ1) is 17.9. The predicted molar refractivity (Wildman–Crippen MR) is 149 cm³/mol. The summed E-state index contributed by atoms with van der Waals surface area (Å²) in [6.45, 7) is 4.88. The Morgan fingerprint density at radius 3 is 2.30 bits per heavy atom. The first-order valence-corrected chi connectivity index (χ1v) is 13.0. The van der Waals surface area contributed by atoms with Crippen LogP contribution >= 0.6 is 11.3 Å². The van der Waals surface area contributed by atoms with Crippen LogP contribution in [0.25, 0.3) is 15.9 Å². The van der Waals surface area contributed by atoms with Gasteiger partial charge < -0.3 is 5.32 Å². The van der Waals surface area contributed by atoms with Crippen molar-refractivity contribution >= 4 is 27.5 Å². The zero-order valence-electron chi connectivity index (χ0n) is 20.7. The molecule has 6 nitrogen and oxygen atoms in total. The highest BCUT2D eigenvalue weighted by Gasteiger charge is 2.16. The van der Waals surface area contributed by atoms with Crippen LogP contribution in [0.1, 0.15) is 27.8 Å². The van der Waals surface area contributed by atoms with E-state index in [-0.39, 0.29) is 23.6 Å². The van der Waals surface area contributed by atoms with Gasteiger partial charge in [-0.1, -0.05) is 66.2 Å². The standard InChI is InChI=1S/C30H27N3O3S/c1-20-7-9-23(10-8-20)18-31-27(34)17-22-11-13-25(14-12-22)33-29(35)28-26(15-16-37-28)32(30(33)36)19-24-6-4-3-5-21(24)2/h3-16H,17-19H2,1-2H3,(H,31,34). The number of aryl methyl sites for hydroxylation is 2. The molecule has 0 spiro atoms. The Bertz CT molecular complexity index is 1690. The molecule has 5 rings (SSSR count). The molecule has 1 amide bonds. The highest BCUT2D eigenvalue weighted by Crippen LogP contribution is 2.19. The van der Waals surface area contributed by atoms with E-state index >= 15 is 0 Å². The lowest BCUT2D eigenvalue weighted by atomic mass is 10.1. The zero-order valence-corrected chi connectivity index (χ0v) is 21.5. The minimum atomic E-state index is -0.386. The van der Waals surface area contributed by atoms with Gasteiger partial charge in [0.2, 0.25) is 5.91 Å². The molecule has 0 saturated heterocycles. The average Bonchev–Trinajstić information content (AvgIpc) is 3.39. The maximum absolute atomic E-state index is 13.6. The Labute approximate surface area is 218 Å². The molecule has 3 aromatic carbocycles. The Hall–Kier alpha value is -4.23. The summed E-state index contributed by atoms with van der Waals surface area (Å²) in [4.78, 5) is 39.3. The minimum Gasteiger partial charge on any atom is -0.352 e. The van der Waals surface area contributed by atoms with Crippen LogP contribution in [0.15, 0.2) is 93.8 Å².